The average molecular weight is 395 g/mol. The lowest BCUT2D eigenvalue weighted by atomic mass is 9.90. The second kappa shape index (κ2) is 7.16. The maximum Gasteiger partial charge on any atom is 0.336 e. The van der Waals surface area contributed by atoms with Gasteiger partial charge in [-0.1, -0.05) is 18.2 Å². The molecule has 1 atom stereocenters. The second-order valence-corrected chi connectivity index (χ2v) is 7.12. The molecule has 0 aliphatic carbocycles. The largest absolute Gasteiger partial charge is 0.460 e. The Morgan fingerprint density at radius 2 is 2.00 bits per heavy atom. The summed E-state index contributed by atoms with van der Waals surface area (Å²) in [4.78, 5) is 36.6. The van der Waals surface area contributed by atoms with Gasteiger partial charge in [0, 0.05) is 29.1 Å². The number of rotatable bonds is 3. The lowest BCUT2D eigenvalue weighted by Crippen LogP contribution is -2.28. The Kier molecular flexibility index (Phi) is 4.66. The van der Waals surface area contributed by atoms with Gasteiger partial charge in [-0.3, -0.25) is 9.59 Å². The standard InChI is InChI=1S/C22H18FNO5/c1-11-3-5-15-13(7-20(26)29-21(15)12(11)2)10-28-22(27)17-9-19(25)24-18-8-14(23)4-6-16(17)18/h3-8,17H,9-10H2,1-2H3,(H,24,25). The number of hydrogen-bond donors (Lipinski definition) is 1. The molecule has 2 heterocycles. The number of esters is 1. The van der Waals surface area contributed by atoms with E-state index >= 15 is 0 Å². The van der Waals surface area contributed by atoms with E-state index in [1.54, 1.807) is 0 Å². The summed E-state index contributed by atoms with van der Waals surface area (Å²) in [5.74, 6) is -2.35. The zero-order valence-corrected chi connectivity index (χ0v) is 15.9. The van der Waals surface area contributed by atoms with Crippen LogP contribution in [0.1, 0.15) is 34.6 Å². The summed E-state index contributed by atoms with van der Waals surface area (Å²) < 4.78 is 24.2. The molecule has 1 aliphatic heterocycles. The summed E-state index contributed by atoms with van der Waals surface area (Å²) >= 11 is 0. The topological polar surface area (TPSA) is 85.6 Å². The third kappa shape index (κ3) is 3.51. The lowest BCUT2D eigenvalue weighted by molar-refractivity contribution is -0.148. The van der Waals surface area contributed by atoms with Crippen LogP contribution in [0.4, 0.5) is 10.1 Å². The predicted molar refractivity (Wildman–Crippen MR) is 104 cm³/mol. The summed E-state index contributed by atoms with van der Waals surface area (Å²) in [7, 11) is 0. The van der Waals surface area contributed by atoms with Crippen LogP contribution in [0, 0.1) is 19.7 Å². The fraction of sp³-hybridized carbons (Fsp3) is 0.227. The molecule has 3 aromatic rings. The van der Waals surface area contributed by atoms with Crippen molar-refractivity contribution in [2.45, 2.75) is 32.8 Å². The minimum absolute atomic E-state index is 0.0898. The molecular weight excluding hydrogens is 377 g/mol. The number of ether oxygens (including phenoxy) is 1. The zero-order chi connectivity index (χ0) is 20.7. The Bertz CT molecular complexity index is 1210. The molecule has 6 nitrogen and oxygen atoms in total. The first kappa shape index (κ1) is 18.9. The minimum Gasteiger partial charge on any atom is -0.460 e. The molecule has 0 saturated heterocycles. The number of benzene rings is 2. The van der Waals surface area contributed by atoms with Gasteiger partial charge >= 0.3 is 11.6 Å². The van der Waals surface area contributed by atoms with Crippen molar-refractivity contribution in [3.63, 3.8) is 0 Å². The highest BCUT2D eigenvalue weighted by Gasteiger charge is 2.32. The molecule has 1 N–H and O–H groups in total. The van der Waals surface area contributed by atoms with Crippen LogP contribution >= 0.6 is 0 Å². The van der Waals surface area contributed by atoms with Crippen molar-refractivity contribution in [2.24, 2.45) is 0 Å². The number of aryl methyl sites for hydroxylation is 2. The van der Waals surface area contributed by atoms with Gasteiger partial charge in [-0.05, 0) is 42.7 Å². The Balaban J connectivity index is 1.62. The maximum absolute atomic E-state index is 13.5. The molecule has 29 heavy (non-hydrogen) atoms. The zero-order valence-electron chi connectivity index (χ0n) is 15.9. The van der Waals surface area contributed by atoms with Crippen LogP contribution in [0.5, 0.6) is 0 Å². The summed E-state index contributed by atoms with van der Waals surface area (Å²) in [5, 5.41) is 3.25. The Morgan fingerprint density at radius 1 is 1.21 bits per heavy atom. The molecule has 7 heteroatoms. The van der Waals surface area contributed by atoms with Gasteiger partial charge in [-0.15, -0.1) is 0 Å². The van der Waals surface area contributed by atoms with Crippen molar-refractivity contribution < 1.29 is 23.1 Å². The van der Waals surface area contributed by atoms with E-state index in [4.69, 9.17) is 9.15 Å². The van der Waals surface area contributed by atoms with E-state index < -0.39 is 23.3 Å². The normalized spacial score (nSPS) is 15.7. The Morgan fingerprint density at radius 3 is 2.79 bits per heavy atom. The fourth-order valence-electron chi connectivity index (χ4n) is 3.54. The number of carbonyl (C=O) groups is 2. The van der Waals surface area contributed by atoms with Gasteiger partial charge in [0.25, 0.3) is 0 Å². The van der Waals surface area contributed by atoms with Gasteiger partial charge in [0.1, 0.15) is 18.0 Å². The van der Waals surface area contributed by atoms with Crippen LogP contribution in [0.3, 0.4) is 0 Å². The maximum atomic E-state index is 13.5. The van der Waals surface area contributed by atoms with Crippen LogP contribution in [0.2, 0.25) is 0 Å². The molecule has 1 amide bonds. The van der Waals surface area contributed by atoms with Crippen LogP contribution in [0.15, 0.2) is 45.6 Å². The molecule has 1 unspecified atom stereocenters. The smallest absolute Gasteiger partial charge is 0.336 e. The van der Waals surface area contributed by atoms with Gasteiger partial charge < -0.3 is 14.5 Å². The molecule has 1 aromatic heterocycles. The van der Waals surface area contributed by atoms with Crippen molar-refractivity contribution >= 4 is 28.5 Å². The molecule has 4 rings (SSSR count). The quantitative estimate of drug-likeness (QED) is 0.540. The van der Waals surface area contributed by atoms with E-state index in [1.807, 2.05) is 26.0 Å². The number of amides is 1. The first-order valence-electron chi connectivity index (χ1n) is 9.12. The molecule has 2 aromatic carbocycles. The highest BCUT2D eigenvalue weighted by Crippen LogP contribution is 2.34. The molecule has 0 saturated carbocycles. The van der Waals surface area contributed by atoms with Crippen LogP contribution in [0.25, 0.3) is 11.0 Å². The number of carbonyl (C=O) groups excluding carboxylic acids is 2. The van der Waals surface area contributed by atoms with Gasteiger partial charge in [0.05, 0.1) is 5.92 Å². The molecular formula is C22H18FNO5. The van der Waals surface area contributed by atoms with Crippen LogP contribution in [-0.2, 0) is 20.9 Å². The molecule has 0 radical (unpaired) electrons. The Labute approximate surface area is 165 Å². The number of fused-ring (bicyclic) bond motifs is 2. The lowest BCUT2D eigenvalue weighted by Gasteiger charge is -2.24. The highest BCUT2D eigenvalue weighted by molar-refractivity contribution is 6.00. The summed E-state index contributed by atoms with van der Waals surface area (Å²) in [6, 6.07) is 8.89. The van der Waals surface area contributed by atoms with Crippen molar-refractivity contribution in [2.75, 3.05) is 5.32 Å². The number of halogens is 1. The molecule has 0 fully saturated rings. The van der Waals surface area contributed by atoms with Gasteiger partial charge in [0.2, 0.25) is 5.91 Å². The summed E-state index contributed by atoms with van der Waals surface area (Å²) in [6.45, 7) is 3.63. The highest BCUT2D eigenvalue weighted by atomic mass is 19.1. The van der Waals surface area contributed by atoms with E-state index in [9.17, 15) is 18.8 Å². The number of nitrogens with one attached hydrogen (secondary N) is 1. The average Bonchev–Trinajstić information content (AvgIpc) is 2.68. The first-order valence-corrected chi connectivity index (χ1v) is 9.12. The second-order valence-electron chi connectivity index (χ2n) is 7.12. The summed E-state index contributed by atoms with van der Waals surface area (Å²) in [6.07, 6.45) is -0.0898. The third-order valence-electron chi connectivity index (χ3n) is 5.23. The van der Waals surface area contributed by atoms with Crippen molar-refractivity contribution in [1.29, 1.82) is 0 Å². The van der Waals surface area contributed by atoms with Gasteiger partial charge in [-0.2, -0.15) is 0 Å². The van der Waals surface area contributed by atoms with Crippen molar-refractivity contribution in [3.05, 3.63) is 74.9 Å². The molecule has 148 valence electrons. The SMILES string of the molecule is Cc1ccc2c(COC(=O)C3CC(=O)Nc4cc(F)ccc43)cc(=O)oc2c1C. The van der Waals surface area contributed by atoms with Gasteiger partial charge in [-0.25, -0.2) is 9.18 Å². The third-order valence-corrected chi connectivity index (χ3v) is 5.23. The first-order chi connectivity index (χ1) is 13.8. The molecule has 1 aliphatic rings. The molecule has 0 spiro atoms. The van der Waals surface area contributed by atoms with Crippen molar-refractivity contribution in [1.82, 2.24) is 0 Å². The number of hydrogen-bond acceptors (Lipinski definition) is 5. The number of anilines is 1. The van der Waals surface area contributed by atoms with Crippen LogP contribution in [-0.4, -0.2) is 11.9 Å². The van der Waals surface area contributed by atoms with E-state index in [-0.39, 0.29) is 24.6 Å². The monoisotopic (exact) mass is 395 g/mol. The molecule has 0 bridgehead atoms. The van der Waals surface area contributed by atoms with Gasteiger partial charge in [0.15, 0.2) is 0 Å². The van der Waals surface area contributed by atoms with E-state index in [0.717, 1.165) is 11.1 Å². The Hall–Kier alpha value is -3.48. The minimum atomic E-state index is -0.838. The van der Waals surface area contributed by atoms with E-state index in [1.165, 1.54) is 24.3 Å². The van der Waals surface area contributed by atoms with Crippen molar-refractivity contribution in [3.8, 4) is 0 Å². The fourth-order valence-corrected chi connectivity index (χ4v) is 3.54. The van der Waals surface area contributed by atoms with Crippen LogP contribution < -0.4 is 10.9 Å². The van der Waals surface area contributed by atoms with E-state index in [0.29, 0.717) is 22.1 Å². The van der Waals surface area contributed by atoms with E-state index in [2.05, 4.69) is 5.32 Å². The predicted octanol–water partition coefficient (Wildman–Crippen LogP) is 3.72. The summed E-state index contributed by atoms with van der Waals surface area (Å²) in [5.41, 5.74) is 3.03.